The lowest BCUT2D eigenvalue weighted by Gasteiger charge is -2.26. The number of aryl methyl sites for hydroxylation is 1. The summed E-state index contributed by atoms with van der Waals surface area (Å²) in [5.41, 5.74) is 3.14. The Morgan fingerprint density at radius 2 is 2.04 bits per heavy atom. The summed E-state index contributed by atoms with van der Waals surface area (Å²) in [5, 5.41) is 4.17. The van der Waals surface area contributed by atoms with Crippen LogP contribution in [0.15, 0.2) is 59.1 Å². The van der Waals surface area contributed by atoms with Crippen LogP contribution in [0.25, 0.3) is 11.4 Å². The third kappa shape index (κ3) is 3.57. The SMILES string of the molecule is CC[C@@H](C(=O)N1CCC[C@@H]1c1nc(-c2cccc(C)c2)no1)c1ccccc1. The van der Waals surface area contributed by atoms with E-state index in [2.05, 4.69) is 17.1 Å². The standard InChI is InChI=1S/C23H25N3O2/c1-3-19(17-10-5-4-6-11-17)23(27)26-14-8-13-20(26)22-24-21(25-28-22)18-12-7-9-16(2)15-18/h4-7,9-12,15,19-20H,3,8,13-14H2,1-2H3/t19-,20-/m1/s1. The smallest absolute Gasteiger partial charge is 0.249 e. The van der Waals surface area contributed by atoms with Gasteiger partial charge in [-0.3, -0.25) is 4.79 Å². The fourth-order valence-corrected chi connectivity index (χ4v) is 4.00. The molecule has 1 fully saturated rings. The molecule has 0 bridgehead atoms. The predicted molar refractivity (Wildman–Crippen MR) is 108 cm³/mol. The molecule has 1 aliphatic heterocycles. The molecular formula is C23H25N3O2. The lowest BCUT2D eigenvalue weighted by molar-refractivity contribution is -0.134. The van der Waals surface area contributed by atoms with E-state index in [1.165, 1.54) is 0 Å². The lowest BCUT2D eigenvalue weighted by Crippen LogP contribution is -2.34. The number of amides is 1. The highest BCUT2D eigenvalue weighted by molar-refractivity contribution is 5.84. The molecule has 0 unspecified atom stereocenters. The number of carbonyl (C=O) groups is 1. The summed E-state index contributed by atoms with van der Waals surface area (Å²) >= 11 is 0. The van der Waals surface area contributed by atoms with Crippen LogP contribution in [0.1, 0.15) is 55.2 Å². The Balaban J connectivity index is 1.58. The largest absolute Gasteiger partial charge is 0.337 e. The van der Waals surface area contributed by atoms with Gasteiger partial charge in [0.2, 0.25) is 17.6 Å². The fourth-order valence-electron chi connectivity index (χ4n) is 4.00. The zero-order valence-corrected chi connectivity index (χ0v) is 16.3. The summed E-state index contributed by atoms with van der Waals surface area (Å²) < 4.78 is 5.59. The summed E-state index contributed by atoms with van der Waals surface area (Å²) in [6.07, 6.45) is 2.57. The average Bonchev–Trinajstić information content (AvgIpc) is 3.39. The third-order valence-electron chi connectivity index (χ3n) is 5.45. The molecule has 2 heterocycles. The molecule has 0 spiro atoms. The highest BCUT2D eigenvalue weighted by Crippen LogP contribution is 2.35. The molecule has 4 rings (SSSR count). The van der Waals surface area contributed by atoms with Crippen molar-refractivity contribution in [2.45, 2.75) is 45.1 Å². The maximum Gasteiger partial charge on any atom is 0.249 e. The van der Waals surface area contributed by atoms with E-state index in [1.807, 2.05) is 66.4 Å². The van der Waals surface area contributed by atoms with E-state index in [1.54, 1.807) is 0 Å². The highest BCUT2D eigenvalue weighted by atomic mass is 16.5. The summed E-state index contributed by atoms with van der Waals surface area (Å²) in [6.45, 7) is 4.83. The third-order valence-corrected chi connectivity index (χ3v) is 5.45. The Hall–Kier alpha value is -2.95. The van der Waals surface area contributed by atoms with Gasteiger partial charge < -0.3 is 9.42 Å². The minimum atomic E-state index is -0.142. The van der Waals surface area contributed by atoms with Gasteiger partial charge in [0.05, 0.1) is 5.92 Å². The zero-order valence-electron chi connectivity index (χ0n) is 16.3. The minimum absolute atomic E-state index is 0.138. The van der Waals surface area contributed by atoms with Crippen molar-refractivity contribution in [3.8, 4) is 11.4 Å². The van der Waals surface area contributed by atoms with Crippen molar-refractivity contribution >= 4 is 5.91 Å². The Bertz CT molecular complexity index is 951. The normalized spacial score (nSPS) is 17.6. The Kier molecular flexibility index (Phi) is 5.24. The van der Waals surface area contributed by atoms with Gasteiger partial charge in [-0.15, -0.1) is 0 Å². The van der Waals surface area contributed by atoms with Crippen LogP contribution in [0.3, 0.4) is 0 Å². The molecule has 3 aromatic rings. The highest BCUT2D eigenvalue weighted by Gasteiger charge is 2.37. The van der Waals surface area contributed by atoms with Crippen LogP contribution in [-0.4, -0.2) is 27.5 Å². The summed E-state index contributed by atoms with van der Waals surface area (Å²) in [7, 11) is 0. The monoisotopic (exact) mass is 375 g/mol. The van der Waals surface area contributed by atoms with Crippen LogP contribution < -0.4 is 0 Å². The number of hydrogen-bond acceptors (Lipinski definition) is 4. The number of carbonyl (C=O) groups excluding carboxylic acids is 1. The molecule has 28 heavy (non-hydrogen) atoms. The van der Waals surface area contributed by atoms with E-state index in [-0.39, 0.29) is 17.9 Å². The molecule has 2 atom stereocenters. The van der Waals surface area contributed by atoms with E-state index in [0.717, 1.165) is 42.5 Å². The molecule has 5 heteroatoms. The van der Waals surface area contributed by atoms with Gasteiger partial charge in [-0.05, 0) is 37.8 Å². The number of aromatic nitrogens is 2. The second kappa shape index (κ2) is 7.97. The number of nitrogens with zero attached hydrogens (tertiary/aromatic N) is 3. The molecule has 1 aromatic heterocycles. The van der Waals surface area contributed by atoms with E-state index in [0.29, 0.717) is 11.7 Å². The second-order valence-corrected chi connectivity index (χ2v) is 7.39. The van der Waals surface area contributed by atoms with Gasteiger partial charge in [0, 0.05) is 12.1 Å². The van der Waals surface area contributed by atoms with Crippen LogP contribution in [0.4, 0.5) is 0 Å². The molecule has 0 radical (unpaired) electrons. The van der Waals surface area contributed by atoms with Crippen LogP contribution in [0, 0.1) is 6.92 Å². The first-order valence-electron chi connectivity index (χ1n) is 9.93. The number of hydrogen-bond donors (Lipinski definition) is 0. The molecular weight excluding hydrogens is 350 g/mol. The van der Waals surface area contributed by atoms with Gasteiger partial charge in [0.15, 0.2) is 0 Å². The molecule has 0 aliphatic carbocycles. The van der Waals surface area contributed by atoms with Gasteiger partial charge in [0.25, 0.3) is 0 Å². The minimum Gasteiger partial charge on any atom is -0.337 e. The van der Waals surface area contributed by atoms with Crippen molar-refractivity contribution in [2.75, 3.05) is 6.54 Å². The molecule has 2 aromatic carbocycles. The van der Waals surface area contributed by atoms with E-state index < -0.39 is 0 Å². The van der Waals surface area contributed by atoms with E-state index >= 15 is 0 Å². The molecule has 144 valence electrons. The first-order chi connectivity index (χ1) is 13.7. The van der Waals surface area contributed by atoms with Crippen molar-refractivity contribution in [3.63, 3.8) is 0 Å². The van der Waals surface area contributed by atoms with Gasteiger partial charge in [-0.2, -0.15) is 4.98 Å². The molecule has 0 saturated carbocycles. The number of benzene rings is 2. The van der Waals surface area contributed by atoms with Gasteiger partial charge in [-0.25, -0.2) is 0 Å². The Morgan fingerprint density at radius 3 is 2.79 bits per heavy atom. The van der Waals surface area contributed by atoms with Crippen LogP contribution in [0.2, 0.25) is 0 Å². The van der Waals surface area contributed by atoms with Crippen molar-refractivity contribution in [3.05, 3.63) is 71.6 Å². The van der Waals surface area contributed by atoms with Gasteiger partial charge in [-0.1, -0.05) is 66.2 Å². The number of likely N-dealkylation sites (tertiary alicyclic amines) is 1. The van der Waals surface area contributed by atoms with Crippen LogP contribution in [0.5, 0.6) is 0 Å². The molecule has 0 N–H and O–H groups in total. The lowest BCUT2D eigenvalue weighted by atomic mass is 9.94. The predicted octanol–water partition coefficient (Wildman–Crippen LogP) is 4.90. The second-order valence-electron chi connectivity index (χ2n) is 7.39. The summed E-state index contributed by atoms with van der Waals surface area (Å²) in [5.74, 6) is 1.12. The van der Waals surface area contributed by atoms with E-state index in [9.17, 15) is 4.79 Å². The van der Waals surface area contributed by atoms with Gasteiger partial charge in [0.1, 0.15) is 6.04 Å². The molecule has 1 saturated heterocycles. The zero-order chi connectivity index (χ0) is 19.5. The number of rotatable bonds is 5. The van der Waals surface area contributed by atoms with Crippen molar-refractivity contribution in [1.82, 2.24) is 15.0 Å². The van der Waals surface area contributed by atoms with Crippen molar-refractivity contribution < 1.29 is 9.32 Å². The summed E-state index contributed by atoms with van der Waals surface area (Å²) in [6, 6.07) is 17.9. The van der Waals surface area contributed by atoms with Crippen LogP contribution >= 0.6 is 0 Å². The maximum absolute atomic E-state index is 13.3. The molecule has 1 amide bonds. The first-order valence-corrected chi connectivity index (χ1v) is 9.93. The maximum atomic E-state index is 13.3. The van der Waals surface area contributed by atoms with E-state index in [4.69, 9.17) is 4.52 Å². The van der Waals surface area contributed by atoms with Crippen LogP contribution in [-0.2, 0) is 4.79 Å². The molecule has 5 nitrogen and oxygen atoms in total. The fraction of sp³-hybridized carbons (Fsp3) is 0.348. The topological polar surface area (TPSA) is 59.2 Å². The Labute approximate surface area is 165 Å². The quantitative estimate of drug-likeness (QED) is 0.636. The van der Waals surface area contributed by atoms with Crippen molar-refractivity contribution in [2.24, 2.45) is 0 Å². The van der Waals surface area contributed by atoms with Gasteiger partial charge >= 0.3 is 0 Å². The Morgan fingerprint density at radius 1 is 1.21 bits per heavy atom. The first kappa shape index (κ1) is 18.4. The molecule has 1 aliphatic rings. The van der Waals surface area contributed by atoms with Crippen molar-refractivity contribution in [1.29, 1.82) is 0 Å². The average molecular weight is 375 g/mol. The summed E-state index contributed by atoms with van der Waals surface area (Å²) in [4.78, 5) is 19.9.